The molecule has 10 aromatic rings. The van der Waals surface area contributed by atoms with Gasteiger partial charge in [0.25, 0.3) is 0 Å². The molecular weight excluding hydrogens is 679 g/mol. The first-order valence-electron chi connectivity index (χ1n) is 18.9. The van der Waals surface area contributed by atoms with E-state index < -0.39 is 0 Å². The number of fused-ring (bicyclic) bond motifs is 2. The molecule has 0 spiro atoms. The first kappa shape index (κ1) is 33.1. The molecule has 56 heavy (non-hydrogen) atoms. The molecular formula is C53H35N3. The van der Waals surface area contributed by atoms with Crippen LogP contribution in [0, 0.1) is 0 Å². The van der Waals surface area contributed by atoms with Crippen LogP contribution in [-0.4, -0.2) is 15.0 Å². The highest BCUT2D eigenvalue weighted by atomic mass is 15.0. The molecule has 0 atom stereocenters. The van der Waals surface area contributed by atoms with Gasteiger partial charge in [-0.3, -0.25) is 0 Å². The second kappa shape index (κ2) is 14.4. The fraction of sp³-hybridized carbons (Fsp3) is 0. The predicted octanol–water partition coefficient (Wildman–Crippen LogP) is 13.8. The van der Waals surface area contributed by atoms with Gasteiger partial charge in [-0.15, -0.1) is 0 Å². The summed E-state index contributed by atoms with van der Waals surface area (Å²) in [6.07, 6.45) is 0. The van der Waals surface area contributed by atoms with E-state index in [1.807, 2.05) is 6.07 Å². The molecule has 3 nitrogen and oxygen atoms in total. The van der Waals surface area contributed by atoms with Crippen molar-refractivity contribution in [3.8, 4) is 78.7 Å². The van der Waals surface area contributed by atoms with Gasteiger partial charge >= 0.3 is 0 Å². The highest BCUT2D eigenvalue weighted by molar-refractivity contribution is 5.98. The molecule has 0 radical (unpaired) electrons. The Bertz CT molecular complexity index is 3000. The third-order valence-electron chi connectivity index (χ3n) is 10.5. The van der Waals surface area contributed by atoms with E-state index in [9.17, 15) is 0 Å². The van der Waals surface area contributed by atoms with Crippen LogP contribution >= 0.6 is 0 Å². The lowest BCUT2D eigenvalue weighted by Gasteiger charge is -2.15. The number of nitrogens with zero attached hydrogens (tertiary/aromatic N) is 3. The molecule has 0 saturated carbocycles. The van der Waals surface area contributed by atoms with Crippen molar-refractivity contribution < 1.29 is 0 Å². The quantitative estimate of drug-likeness (QED) is 0.165. The van der Waals surface area contributed by atoms with Crippen LogP contribution in [0.25, 0.3) is 100 Å². The second-order valence-corrected chi connectivity index (χ2v) is 14.0. The minimum absolute atomic E-state index is 0.626. The van der Waals surface area contributed by atoms with Crippen LogP contribution in [0.1, 0.15) is 0 Å². The molecule has 0 aliphatic rings. The van der Waals surface area contributed by atoms with Gasteiger partial charge in [-0.1, -0.05) is 194 Å². The number of hydrogen-bond donors (Lipinski definition) is 0. The van der Waals surface area contributed by atoms with Crippen LogP contribution in [0.15, 0.2) is 212 Å². The molecule has 0 amide bonds. The molecule has 9 aromatic carbocycles. The minimum Gasteiger partial charge on any atom is -0.208 e. The van der Waals surface area contributed by atoms with E-state index in [2.05, 4.69) is 206 Å². The third kappa shape index (κ3) is 6.42. The molecule has 10 rings (SSSR count). The van der Waals surface area contributed by atoms with Crippen molar-refractivity contribution in [1.82, 2.24) is 15.0 Å². The maximum Gasteiger partial charge on any atom is 0.164 e. The fourth-order valence-electron chi connectivity index (χ4n) is 7.66. The van der Waals surface area contributed by atoms with Gasteiger partial charge in [-0.25, -0.2) is 15.0 Å². The van der Waals surface area contributed by atoms with Gasteiger partial charge in [0, 0.05) is 16.7 Å². The Morgan fingerprint density at radius 1 is 0.214 bits per heavy atom. The van der Waals surface area contributed by atoms with Crippen molar-refractivity contribution in [1.29, 1.82) is 0 Å². The Hall–Kier alpha value is -7.49. The van der Waals surface area contributed by atoms with Gasteiger partial charge in [0.1, 0.15) is 0 Å². The maximum absolute atomic E-state index is 5.15. The topological polar surface area (TPSA) is 38.7 Å². The van der Waals surface area contributed by atoms with E-state index in [1.165, 1.54) is 38.4 Å². The van der Waals surface area contributed by atoms with Gasteiger partial charge in [-0.2, -0.15) is 0 Å². The number of rotatable bonds is 7. The van der Waals surface area contributed by atoms with Gasteiger partial charge in [0.15, 0.2) is 17.5 Å². The lowest BCUT2D eigenvalue weighted by atomic mass is 9.89. The number of aromatic nitrogens is 3. The van der Waals surface area contributed by atoms with E-state index in [1.54, 1.807) is 0 Å². The third-order valence-corrected chi connectivity index (χ3v) is 10.5. The Morgan fingerprint density at radius 3 is 1.46 bits per heavy atom. The van der Waals surface area contributed by atoms with Crippen molar-refractivity contribution in [3.05, 3.63) is 212 Å². The van der Waals surface area contributed by atoms with E-state index in [0.29, 0.717) is 17.5 Å². The van der Waals surface area contributed by atoms with Crippen molar-refractivity contribution in [3.63, 3.8) is 0 Å². The zero-order valence-corrected chi connectivity index (χ0v) is 30.5. The summed E-state index contributed by atoms with van der Waals surface area (Å²) < 4.78 is 0. The molecule has 0 fully saturated rings. The summed E-state index contributed by atoms with van der Waals surface area (Å²) in [7, 11) is 0. The molecule has 0 saturated heterocycles. The van der Waals surface area contributed by atoms with Crippen molar-refractivity contribution >= 4 is 21.5 Å². The highest BCUT2D eigenvalue weighted by Crippen LogP contribution is 2.39. The Morgan fingerprint density at radius 2 is 0.696 bits per heavy atom. The fourth-order valence-corrected chi connectivity index (χ4v) is 7.66. The molecule has 0 unspecified atom stereocenters. The number of benzene rings is 9. The molecule has 1 heterocycles. The smallest absolute Gasteiger partial charge is 0.164 e. The van der Waals surface area contributed by atoms with Crippen molar-refractivity contribution in [2.75, 3.05) is 0 Å². The van der Waals surface area contributed by atoms with Crippen LogP contribution in [0.2, 0.25) is 0 Å². The molecule has 3 heteroatoms. The summed E-state index contributed by atoms with van der Waals surface area (Å²) in [5.41, 5.74) is 12.1. The highest BCUT2D eigenvalue weighted by Gasteiger charge is 2.16. The molecule has 0 bridgehead atoms. The van der Waals surface area contributed by atoms with E-state index in [4.69, 9.17) is 15.0 Å². The Kier molecular flexibility index (Phi) is 8.51. The van der Waals surface area contributed by atoms with Gasteiger partial charge in [-0.05, 0) is 84.3 Å². The number of hydrogen-bond acceptors (Lipinski definition) is 3. The summed E-state index contributed by atoms with van der Waals surface area (Å²) in [4.78, 5) is 15.4. The van der Waals surface area contributed by atoms with Gasteiger partial charge < -0.3 is 0 Å². The molecule has 0 aliphatic carbocycles. The summed E-state index contributed by atoms with van der Waals surface area (Å²) in [5.74, 6) is 1.89. The van der Waals surface area contributed by atoms with Gasteiger partial charge in [0.05, 0.1) is 0 Å². The predicted molar refractivity (Wildman–Crippen MR) is 233 cm³/mol. The van der Waals surface area contributed by atoms with Crippen molar-refractivity contribution in [2.45, 2.75) is 0 Å². The maximum atomic E-state index is 5.15. The van der Waals surface area contributed by atoms with E-state index in [0.717, 1.165) is 44.3 Å². The average Bonchev–Trinajstić information content (AvgIpc) is 3.29. The second-order valence-electron chi connectivity index (χ2n) is 14.0. The first-order chi connectivity index (χ1) is 27.7. The van der Waals surface area contributed by atoms with Crippen LogP contribution in [-0.2, 0) is 0 Å². The molecule has 262 valence electrons. The normalized spacial score (nSPS) is 11.2. The lowest BCUT2D eigenvalue weighted by molar-refractivity contribution is 1.07. The Balaban J connectivity index is 1.10. The summed E-state index contributed by atoms with van der Waals surface area (Å²) >= 11 is 0. The summed E-state index contributed by atoms with van der Waals surface area (Å²) in [6, 6.07) is 74.9. The lowest BCUT2D eigenvalue weighted by Crippen LogP contribution is -2.00. The Labute approximate surface area is 326 Å². The molecule has 1 aromatic heterocycles. The van der Waals surface area contributed by atoms with Crippen molar-refractivity contribution in [2.24, 2.45) is 0 Å². The molecule has 0 aliphatic heterocycles. The van der Waals surface area contributed by atoms with Crippen LogP contribution in [0.4, 0.5) is 0 Å². The first-order valence-corrected chi connectivity index (χ1v) is 18.9. The van der Waals surface area contributed by atoms with Gasteiger partial charge in [0.2, 0.25) is 0 Å². The average molecular weight is 714 g/mol. The standard InChI is InChI=1S/C53H35N3/c1-3-13-36(14-4-1)38-25-28-41(29-26-38)51-54-52(56-53(55-51)46-30-27-37-15-7-8-19-42(37)33-46)45-22-11-21-43(34-45)49-32-31-44(35-50(49)40-16-5-2-6-17-40)48-24-12-20-39-18-9-10-23-47(39)48/h1-35H. The van der Waals surface area contributed by atoms with Crippen LogP contribution < -0.4 is 0 Å². The SMILES string of the molecule is c1ccc(-c2ccc(-c3nc(-c4cccc(-c5ccc(-c6cccc7ccccc67)cc5-c5ccccc5)c4)nc(-c4ccc5ccccc5c4)n3)cc2)cc1. The minimum atomic E-state index is 0.626. The monoisotopic (exact) mass is 713 g/mol. The van der Waals surface area contributed by atoms with E-state index >= 15 is 0 Å². The summed E-state index contributed by atoms with van der Waals surface area (Å²) in [6.45, 7) is 0. The van der Waals surface area contributed by atoms with E-state index in [-0.39, 0.29) is 0 Å². The largest absolute Gasteiger partial charge is 0.208 e. The van der Waals surface area contributed by atoms with Crippen LogP contribution in [0.3, 0.4) is 0 Å². The van der Waals surface area contributed by atoms with Crippen LogP contribution in [0.5, 0.6) is 0 Å². The zero-order valence-electron chi connectivity index (χ0n) is 30.5. The summed E-state index contributed by atoms with van der Waals surface area (Å²) in [5, 5.41) is 4.79. The molecule has 0 N–H and O–H groups in total. The zero-order chi connectivity index (χ0) is 37.3.